The maximum absolute atomic E-state index is 12.2. The second-order valence-electron chi connectivity index (χ2n) is 5.48. The highest BCUT2D eigenvalue weighted by Gasteiger charge is 2.37. The summed E-state index contributed by atoms with van der Waals surface area (Å²) < 4.78 is 5.47. The third-order valence-electron chi connectivity index (χ3n) is 3.38. The highest BCUT2D eigenvalue weighted by atomic mass is 32.2. The van der Waals surface area contributed by atoms with Gasteiger partial charge in [-0.3, -0.25) is 4.79 Å². The van der Waals surface area contributed by atoms with E-state index in [1.165, 1.54) is 12.2 Å². The Hall–Kier alpha value is -0.440. The van der Waals surface area contributed by atoms with Gasteiger partial charge in [0, 0.05) is 23.7 Å². The molecule has 16 heavy (non-hydrogen) atoms. The first kappa shape index (κ1) is 12.0. The van der Waals surface area contributed by atoms with Gasteiger partial charge in [-0.25, -0.2) is 0 Å². The van der Waals surface area contributed by atoms with Crippen LogP contribution < -0.4 is 0 Å². The van der Waals surface area contributed by atoms with E-state index in [-0.39, 0.29) is 5.41 Å². The largest absolute Gasteiger partial charge is 0.501 e. The first-order chi connectivity index (χ1) is 7.53. The maximum atomic E-state index is 12.2. The summed E-state index contributed by atoms with van der Waals surface area (Å²) in [7, 11) is 1.70. The molecule has 0 saturated carbocycles. The van der Waals surface area contributed by atoms with Gasteiger partial charge in [0.2, 0.25) is 0 Å². The molecule has 0 N–H and O–H groups in total. The van der Waals surface area contributed by atoms with Crippen LogP contribution >= 0.6 is 11.8 Å². The van der Waals surface area contributed by atoms with Crippen LogP contribution in [0.15, 0.2) is 11.3 Å². The minimum atomic E-state index is 0.0647. The zero-order chi connectivity index (χ0) is 11.8. The molecule has 0 radical (unpaired) electrons. The van der Waals surface area contributed by atoms with Gasteiger partial charge in [-0.2, -0.15) is 11.8 Å². The van der Waals surface area contributed by atoms with E-state index in [9.17, 15) is 4.79 Å². The van der Waals surface area contributed by atoms with Crippen molar-refractivity contribution < 1.29 is 9.53 Å². The fourth-order valence-electron chi connectivity index (χ4n) is 2.62. The molecule has 2 aliphatic rings. The van der Waals surface area contributed by atoms with Gasteiger partial charge in [0.15, 0.2) is 5.78 Å². The van der Waals surface area contributed by atoms with Crippen molar-refractivity contribution in [3.63, 3.8) is 0 Å². The van der Waals surface area contributed by atoms with Crippen molar-refractivity contribution in [3.05, 3.63) is 11.3 Å². The van der Waals surface area contributed by atoms with Gasteiger partial charge in [-0.05, 0) is 24.0 Å². The number of hydrogen-bond donors (Lipinski definition) is 0. The number of ether oxygens (including phenoxy) is 1. The Morgan fingerprint density at radius 2 is 2.12 bits per heavy atom. The van der Waals surface area contributed by atoms with Crippen molar-refractivity contribution in [1.82, 2.24) is 0 Å². The second-order valence-corrected chi connectivity index (χ2v) is 6.79. The molecule has 0 aromatic heterocycles. The number of hydrogen-bond acceptors (Lipinski definition) is 3. The van der Waals surface area contributed by atoms with Crippen molar-refractivity contribution >= 4 is 17.5 Å². The number of Topliss-reactive ketones (excluding diaryl/α,β-unsaturated/α-hetero) is 1. The molecule has 0 bridgehead atoms. The fourth-order valence-corrected chi connectivity index (χ4v) is 4.01. The van der Waals surface area contributed by atoms with E-state index in [4.69, 9.17) is 4.74 Å². The summed E-state index contributed by atoms with van der Waals surface area (Å²) >= 11 is 1.91. The molecule has 0 spiro atoms. The predicted molar refractivity (Wildman–Crippen MR) is 67.5 cm³/mol. The zero-order valence-electron chi connectivity index (χ0n) is 10.3. The van der Waals surface area contributed by atoms with Crippen LogP contribution in [0.3, 0.4) is 0 Å². The van der Waals surface area contributed by atoms with Crippen LogP contribution in [0.25, 0.3) is 0 Å². The Morgan fingerprint density at radius 1 is 1.38 bits per heavy atom. The molecular weight excluding hydrogens is 220 g/mol. The van der Waals surface area contributed by atoms with Crippen molar-refractivity contribution in [2.45, 2.75) is 44.8 Å². The normalized spacial score (nSPS) is 29.7. The first-order valence-corrected chi connectivity index (χ1v) is 7.00. The van der Waals surface area contributed by atoms with Crippen LogP contribution in [0.1, 0.15) is 39.5 Å². The molecule has 3 heteroatoms. The molecule has 0 aromatic carbocycles. The van der Waals surface area contributed by atoms with Gasteiger partial charge >= 0.3 is 0 Å². The molecule has 1 heterocycles. The SMILES string of the molecule is COC1=C(C2CCCS2)C(=O)CC(C)(C)C1. The van der Waals surface area contributed by atoms with Gasteiger partial charge in [0.1, 0.15) is 5.76 Å². The maximum Gasteiger partial charge on any atom is 0.163 e. The van der Waals surface area contributed by atoms with E-state index in [1.807, 2.05) is 11.8 Å². The number of thioether (sulfide) groups is 1. The minimum Gasteiger partial charge on any atom is -0.501 e. The van der Waals surface area contributed by atoms with E-state index in [0.29, 0.717) is 17.5 Å². The smallest absolute Gasteiger partial charge is 0.163 e. The molecule has 2 nitrogen and oxygen atoms in total. The molecule has 1 atom stereocenters. The summed E-state index contributed by atoms with van der Waals surface area (Å²) in [4.78, 5) is 12.2. The summed E-state index contributed by atoms with van der Waals surface area (Å²) in [6.07, 6.45) is 3.94. The molecule has 1 fully saturated rings. The minimum absolute atomic E-state index is 0.0647. The van der Waals surface area contributed by atoms with Gasteiger partial charge in [-0.15, -0.1) is 0 Å². The monoisotopic (exact) mass is 240 g/mol. The average Bonchev–Trinajstić information content (AvgIpc) is 2.67. The quantitative estimate of drug-likeness (QED) is 0.741. The van der Waals surface area contributed by atoms with E-state index >= 15 is 0 Å². The number of ketones is 1. The van der Waals surface area contributed by atoms with E-state index in [0.717, 1.165) is 24.2 Å². The van der Waals surface area contributed by atoms with E-state index in [1.54, 1.807) is 7.11 Å². The van der Waals surface area contributed by atoms with Gasteiger partial charge < -0.3 is 4.74 Å². The standard InChI is InChI=1S/C13H20O2S/c1-13(2)7-9(14)12(10(8-13)15-3)11-5-4-6-16-11/h11H,4-8H2,1-3H3. The summed E-state index contributed by atoms with van der Waals surface area (Å²) in [6.45, 7) is 4.28. The molecule has 1 unspecified atom stereocenters. The number of methoxy groups -OCH3 is 1. The van der Waals surface area contributed by atoms with Crippen molar-refractivity contribution in [1.29, 1.82) is 0 Å². The lowest BCUT2D eigenvalue weighted by molar-refractivity contribution is -0.118. The van der Waals surface area contributed by atoms with E-state index in [2.05, 4.69) is 13.8 Å². The second kappa shape index (κ2) is 4.44. The van der Waals surface area contributed by atoms with Crippen LogP contribution in [-0.4, -0.2) is 23.9 Å². The van der Waals surface area contributed by atoms with Crippen molar-refractivity contribution in [2.24, 2.45) is 5.41 Å². The highest BCUT2D eigenvalue weighted by molar-refractivity contribution is 8.00. The number of carbonyl (C=O) groups excluding carboxylic acids is 1. The van der Waals surface area contributed by atoms with Crippen LogP contribution in [0.4, 0.5) is 0 Å². The van der Waals surface area contributed by atoms with Crippen LogP contribution in [0, 0.1) is 5.41 Å². The first-order valence-electron chi connectivity index (χ1n) is 5.95. The molecule has 1 saturated heterocycles. The van der Waals surface area contributed by atoms with E-state index < -0.39 is 0 Å². The molecule has 90 valence electrons. The summed E-state index contributed by atoms with van der Waals surface area (Å²) in [5.41, 5.74) is 1.05. The number of rotatable bonds is 2. The van der Waals surface area contributed by atoms with Crippen LogP contribution in [0.5, 0.6) is 0 Å². The Kier molecular flexibility index (Phi) is 3.34. The lowest BCUT2D eigenvalue weighted by atomic mass is 9.75. The third-order valence-corrected chi connectivity index (χ3v) is 4.78. The zero-order valence-corrected chi connectivity index (χ0v) is 11.2. The molecule has 2 rings (SSSR count). The summed E-state index contributed by atoms with van der Waals surface area (Å²) in [5.74, 6) is 2.44. The van der Waals surface area contributed by atoms with Crippen LogP contribution in [-0.2, 0) is 9.53 Å². The highest BCUT2D eigenvalue weighted by Crippen LogP contribution is 2.43. The van der Waals surface area contributed by atoms with Gasteiger partial charge in [0.05, 0.1) is 7.11 Å². The molecule has 0 aromatic rings. The molecular formula is C13H20O2S. The molecule has 0 amide bonds. The fraction of sp³-hybridized carbons (Fsp3) is 0.769. The predicted octanol–water partition coefficient (Wildman–Crippen LogP) is 3.17. The Bertz CT molecular complexity index is 325. The molecule has 1 aliphatic heterocycles. The Balaban J connectivity index is 2.30. The number of allylic oxidation sites excluding steroid dienone is 1. The topological polar surface area (TPSA) is 26.3 Å². The number of carbonyl (C=O) groups is 1. The summed E-state index contributed by atoms with van der Waals surface area (Å²) in [5, 5.41) is 0.401. The average molecular weight is 240 g/mol. The van der Waals surface area contributed by atoms with Crippen molar-refractivity contribution in [2.75, 3.05) is 12.9 Å². The Labute approximate surface area is 102 Å². The third kappa shape index (κ3) is 2.29. The Morgan fingerprint density at radius 3 is 2.69 bits per heavy atom. The lowest BCUT2D eigenvalue weighted by Gasteiger charge is -2.32. The van der Waals surface area contributed by atoms with Gasteiger partial charge in [-0.1, -0.05) is 13.8 Å². The molecule has 1 aliphatic carbocycles. The lowest BCUT2D eigenvalue weighted by Crippen LogP contribution is -2.30. The van der Waals surface area contributed by atoms with Gasteiger partial charge in [0.25, 0.3) is 0 Å². The van der Waals surface area contributed by atoms with Crippen molar-refractivity contribution in [3.8, 4) is 0 Å². The van der Waals surface area contributed by atoms with Crippen LogP contribution in [0.2, 0.25) is 0 Å². The summed E-state index contributed by atoms with van der Waals surface area (Å²) in [6, 6.07) is 0.